The maximum absolute atomic E-state index is 5.66. The number of aromatic nitrogens is 2. The number of fused-ring (bicyclic) bond motifs is 1. The van der Waals surface area contributed by atoms with Gasteiger partial charge in [0, 0.05) is 5.69 Å². The highest BCUT2D eigenvalue weighted by Gasteiger charge is 2.09. The molecule has 0 spiro atoms. The fourth-order valence-corrected chi connectivity index (χ4v) is 2.67. The molecule has 96 valence electrons. The molecule has 1 heterocycles. The molecular weight excluding hydrogens is 210 g/mol. The van der Waals surface area contributed by atoms with Crippen LogP contribution in [0.15, 0.2) is 0 Å². The third-order valence-corrected chi connectivity index (χ3v) is 3.70. The molecule has 2 rings (SSSR count). The van der Waals surface area contributed by atoms with Gasteiger partial charge in [-0.2, -0.15) is 0 Å². The SMILES string of the molecule is NCc1nc2c([nH]1)CCCCCCCCCC2. The Hall–Kier alpha value is -0.830. The number of aryl methyl sites for hydroxylation is 2. The van der Waals surface area contributed by atoms with Crippen LogP contribution in [0.4, 0.5) is 0 Å². The van der Waals surface area contributed by atoms with Crippen LogP contribution in [-0.2, 0) is 19.4 Å². The summed E-state index contributed by atoms with van der Waals surface area (Å²) < 4.78 is 0. The first-order valence-electron chi connectivity index (χ1n) is 7.17. The number of aromatic amines is 1. The second kappa shape index (κ2) is 6.80. The first-order valence-corrected chi connectivity index (χ1v) is 7.17. The maximum Gasteiger partial charge on any atom is 0.120 e. The molecule has 3 N–H and O–H groups in total. The molecule has 0 aromatic carbocycles. The molecule has 1 aromatic heterocycles. The standard InChI is InChI=1S/C14H25N3/c15-11-14-16-12-9-7-5-3-1-2-4-6-8-10-13(12)17-14/h1-11,15H2,(H,16,17). The van der Waals surface area contributed by atoms with Gasteiger partial charge < -0.3 is 10.7 Å². The zero-order valence-corrected chi connectivity index (χ0v) is 10.8. The number of hydrogen-bond donors (Lipinski definition) is 2. The van der Waals surface area contributed by atoms with Gasteiger partial charge in [0.05, 0.1) is 12.2 Å². The van der Waals surface area contributed by atoms with Crippen LogP contribution in [0.5, 0.6) is 0 Å². The van der Waals surface area contributed by atoms with Gasteiger partial charge in [0.15, 0.2) is 0 Å². The average molecular weight is 235 g/mol. The monoisotopic (exact) mass is 235 g/mol. The molecular formula is C14H25N3. The first kappa shape index (κ1) is 12.6. The van der Waals surface area contributed by atoms with E-state index in [9.17, 15) is 0 Å². The van der Waals surface area contributed by atoms with Crippen molar-refractivity contribution in [3.8, 4) is 0 Å². The van der Waals surface area contributed by atoms with Crippen molar-refractivity contribution in [1.82, 2.24) is 9.97 Å². The minimum Gasteiger partial charge on any atom is -0.345 e. The van der Waals surface area contributed by atoms with Crippen molar-refractivity contribution < 1.29 is 0 Å². The fourth-order valence-electron chi connectivity index (χ4n) is 2.67. The zero-order valence-electron chi connectivity index (χ0n) is 10.8. The maximum atomic E-state index is 5.66. The largest absolute Gasteiger partial charge is 0.345 e. The van der Waals surface area contributed by atoms with Gasteiger partial charge in [-0.3, -0.25) is 0 Å². The van der Waals surface area contributed by atoms with Crippen LogP contribution in [0, 0.1) is 0 Å². The van der Waals surface area contributed by atoms with E-state index in [-0.39, 0.29) is 0 Å². The van der Waals surface area contributed by atoms with Crippen LogP contribution in [0.2, 0.25) is 0 Å². The third-order valence-electron chi connectivity index (χ3n) is 3.70. The van der Waals surface area contributed by atoms with Crippen LogP contribution in [0.25, 0.3) is 0 Å². The Balaban J connectivity index is 2.01. The number of imidazole rings is 1. The topological polar surface area (TPSA) is 54.7 Å². The van der Waals surface area contributed by atoms with Gasteiger partial charge in [0.25, 0.3) is 0 Å². The summed E-state index contributed by atoms with van der Waals surface area (Å²) in [5, 5.41) is 0. The summed E-state index contributed by atoms with van der Waals surface area (Å²) in [6.45, 7) is 0.535. The van der Waals surface area contributed by atoms with Crippen molar-refractivity contribution in [1.29, 1.82) is 0 Å². The molecule has 0 atom stereocenters. The fraction of sp³-hybridized carbons (Fsp3) is 0.786. The quantitative estimate of drug-likeness (QED) is 0.786. The van der Waals surface area contributed by atoms with Crippen molar-refractivity contribution in [2.24, 2.45) is 5.73 Å². The van der Waals surface area contributed by atoms with Crippen LogP contribution in [0.1, 0.15) is 68.6 Å². The number of hydrogen-bond acceptors (Lipinski definition) is 2. The Bertz CT molecular complexity index is 301. The smallest absolute Gasteiger partial charge is 0.120 e. The zero-order chi connectivity index (χ0) is 11.9. The molecule has 0 saturated carbocycles. The Kier molecular flexibility index (Phi) is 5.05. The second-order valence-electron chi connectivity index (χ2n) is 5.14. The lowest BCUT2D eigenvalue weighted by Crippen LogP contribution is -1.98. The van der Waals surface area contributed by atoms with Gasteiger partial charge in [-0.25, -0.2) is 4.98 Å². The summed E-state index contributed by atoms with van der Waals surface area (Å²) in [5.41, 5.74) is 8.29. The van der Waals surface area contributed by atoms with Gasteiger partial charge in [-0.05, 0) is 25.7 Å². The summed E-state index contributed by atoms with van der Waals surface area (Å²) >= 11 is 0. The molecule has 1 aliphatic carbocycles. The molecule has 0 saturated heterocycles. The molecule has 0 fully saturated rings. The van der Waals surface area contributed by atoms with E-state index in [0.29, 0.717) is 6.54 Å². The number of rotatable bonds is 1. The minimum absolute atomic E-state index is 0.535. The van der Waals surface area contributed by atoms with Crippen LogP contribution in [-0.4, -0.2) is 9.97 Å². The average Bonchev–Trinajstić information content (AvgIpc) is 2.72. The normalized spacial score (nSPS) is 19.1. The summed E-state index contributed by atoms with van der Waals surface area (Å²) in [4.78, 5) is 8.02. The van der Waals surface area contributed by atoms with Gasteiger partial charge >= 0.3 is 0 Å². The van der Waals surface area contributed by atoms with E-state index in [1.54, 1.807) is 0 Å². The Morgan fingerprint density at radius 3 is 2.12 bits per heavy atom. The van der Waals surface area contributed by atoms with Gasteiger partial charge in [-0.15, -0.1) is 0 Å². The highest BCUT2D eigenvalue weighted by molar-refractivity contribution is 5.15. The summed E-state index contributed by atoms with van der Waals surface area (Å²) in [5.74, 6) is 0.963. The van der Waals surface area contributed by atoms with Gasteiger partial charge in [0.1, 0.15) is 5.82 Å². The Morgan fingerprint density at radius 1 is 0.882 bits per heavy atom. The van der Waals surface area contributed by atoms with Crippen molar-refractivity contribution in [2.45, 2.75) is 70.8 Å². The summed E-state index contributed by atoms with van der Waals surface area (Å²) in [6, 6.07) is 0. The molecule has 17 heavy (non-hydrogen) atoms. The van der Waals surface area contributed by atoms with E-state index >= 15 is 0 Å². The third kappa shape index (κ3) is 3.84. The van der Waals surface area contributed by atoms with E-state index in [1.807, 2.05) is 0 Å². The lowest BCUT2D eigenvalue weighted by atomic mass is 10.0. The predicted molar refractivity (Wildman–Crippen MR) is 70.8 cm³/mol. The second-order valence-corrected chi connectivity index (χ2v) is 5.14. The number of H-pyrrole nitrogens is 1. The number of nitrogens with one attached hydrogen (secondary N) is 1. The molecule has 3 nitrogen and oxygen atoms in total. The van der Waals surface area contributed by atoms with Crippen LogP contribution < -0.4 is 5.73 Å². The minimum atomic E-state index is 0.535. The molecule has 0 unspecified atom stereocenters. The summed E-state index contributed by atoms with van der Waals surface area (Å²) in [6.07, 6.45) is 13.2. The van der Waals surface area contributed by atoms with Crippen LogP contribution >= 0.6 is 0 Å². The lowest BCUT2D eigenvalue weighted by Gasteiger charge is -2.06. The van der Waals surface area contributed by atoms with E-state index in [0.717, 1.165) is 18.7 Å². The predicted octanol–water partition coefficient (Wildman–Crippen LogP) is 3.09. The summed E-state index contributed by atoms with van der Waals surface area (Å²) in [7, 11) is 0. The molecule has 3 heteroatoms. The van der Waals surface area contributed by atoms with Crippen molar-refractivity contribution in [3.05, 3.63) is 17.2 Å². The molecule has 0 aliphatic heterocycles. The van der Waals surface area contributed by atoms with Gasteiger partial charge in [0.2, 0.25) is 0 Å². The van der Waals surface area contributed by atoms with E-state index < -0.39 is 0 Å². The Morgan fingerprint density at radius 2 is 1.47 bits per heavy atom. The molecule has 0 amide bonds. The highest BCUT2D eigenvalue weighted by Crippen LogP contribution is 2.17. The first-order chi connectivity index (χ1) is 8.40. The lowest BCUT2D eigenvalue weighted by molar-refractivity contribution is 0.556. The molecule has 0 radical (unpaired) electrons. The van der Waals surface area contributed by atoms with Crippen molar-refractivity contribution in [3.63, 3.8) is 0 Å². The van der Waals surface area contributed by atoms with E-state index in [2.05, 4.69) is 9.97 Å². The number of nitrogens with zero attached hydrogens (tertiary/aromatic N) is 1. The van der Waals surface area contributed by atoms with Gasteiger partial charge in [-0.1, -0.05) is 38.5 Å². The highest BCUT2D eigenvalue weighted by atomic mass is 15.0. The van der Waals surface area contributed by atoms with Crippen molar-refractivity contribution in [2.75, 3.05) is 0 Å². The van der Waals surface area contributed by atoms with Crippen molar-refractivity contribution >= 4 is 0 Å². The van der Waals surface area contributed by atoms with E-state index in [4.69, 9.17) is 5.73 Å². The molecule has 1 aliphatic rings. The Labute approximate surface area is 104 Å². The van der Waals surface area contributed by atoms with E-state index in [1.165, 1.54) is 62.8 Å². The molecule has 0 bridgehead atoms. The van der Waals surface area contributed by atoms with Crippen LogP contribution in [0.3, 0.4) is 0 Å². The molecule has 1 aromatic rings. The number of nitrogens with two attached hydrogens (primary N) is 1.